The number of ether oxygens (including phenoxy) is 1. The molecule has 0 bridgehead atoms. The van der Waals surface area contributed by atoms with Gasteiger partial charge in [-0.1, -0.05) is 6.07 Å². The summed E-state index contributed by atoms with van der Waals surface area (Å²) >= 11 is 0. The molecule has 3 rings (SSSR count). The van der Waals surface area contributed by atoms with E-state index in [1.165, 1.54) is 32.2 Å². The number of carbonyl (C=O) groups excluding carboxylic acids is 2. The summed E-state index contributed by atoms with van der Waals surface area (Å²) in [6.07, 6.45) is -1.39. The Morgan fingerprint density at radius 3 is 2.39 bits per heavy atom. The van der Waals surface area contributed by atoms with Gasteiger partial charge in [-0.2, -0.15) is 13.2 Å². The lowest BCUT2D eigenvalue weighted by molar-refractivity contribution is -0.138. The van der Waals surface area contributed by atoms with E-state index < -0.39 is 17.8 Å². The first-order valence-electron chi connectivity index (χ1n) is 11.0. The van der Waals surface area contributed by atoms with Crippen LogP contribution in [-0.4, -0.2) is 31.6 Å². The molecule has 3 N–H and O–H groups in total. The fourth-order valence-corrected chi connectivity index (χ4v) is 3.20. The average molecular weight is 502 g/mol. The summed E-state index contributed by atoms with van der Waals surface area (Å²) in [5, 5.41) is 7.69. The molecule has 0 heterocycles. The van der Waals surface area contributed by atoms with Crippen LogP contribution in [0.1, 0.15) is 29.5 Å². The monoisotopic (exact) mass is 501 g/mol. The molecular weight excluding hydrogens is 475 g/mol. The Hall–Kier alpha value is -4.15. The van der Waals surface area contributed by atoms with Gasteiger partial charge in [-0.25, -0.2) is 9.79 Å². The van der Waals surface area contributed by atoms with Gasteiger partial charge in [-0.05, 0) is 74.9 Å². The molecule has 1 fully saturated rings. The highest BCUT2D eigenvalue weighted by Gasteiger charge is 2.32. The van der Waals surface area contributed by atoms with Crippen molar-refractivity contribution in [1.82, 2.24) is 5.32 Å². The van der Waals surface area contributed by atoms with Crippen molar-refractivity contribution in [2.45, 2.75) is 32.9 Å². The van der Waals surface area contributed by atoms with E-state index in [1.54, 1.807) is 25.1 Å². The van der Waals surface area contributed by atoms with E-state index in [4.69, 9.17) is 4.74 Å². The third-order valence-corrected chi connectivity index (χ3v) is 5.32. The lowest BCUT2D eigenvalue weighted by Gasteiger charge is -2.14. The number of aryl methyl sites for hydroxylation is 2. The Labute approximate surface area is 206 Å². The minimum absolute atomic E-state index is 0.00400. The third kappa shape index (κ3) is 7.17. The highest BCUT2D eigenvalue weighted by atomic mass is 19.4. The SMILES string of the molecule is C=N/C(=C\C(=NC)Oc1ccc(NC(=O)Nc2ccc(C)c(C(F)(F)F)c2)c(C)c1)NC(=O)C1CC1. The van der Waals surface area contributed by atoms with Crippen molar-refractivity contribution < 1.29 is 27.5 Å². The number of nitrogens with one attached hydrogen (secondary N) is 3. The standard InChI is InChI=1S/C25H26F3N5O3/c1-14-5-8-17(12-19(14)25(26,27)28)31-24(35)32-20-10-9-18(11-15(20)2)36-22(30-4)13-21(29-3)33-23(34)16-6-7-16/h5,8-13,16H,3,6-7H2,1-2,4H3,(H,33,34)(H2,31,32,35)/b21-13+,30-22?. The van der Waals surface area contributed by atoms with Gasteiger partial charge in [0.15, 0.2) is 0 Å². The Morgan fingerprint density at radius 2 is 1.81 bits per heavy atom. The fraction of sp³-hybridized carbons (Fsp3) is 0.280. The van der Waals surface area contributed by atoms with Gasteiger partial charge in [0, 0.05) is 30.4 Å². The molecule has 1 aliphatic rings. The quantitative estimate of drug-likeness (QED) is 0.348. The Kier molecular flexibility index (Phi) is 8.13. The van der Waals surface area contributed by atoms with Gasteiger partial charge in [-0.3, -0.25) is 9.79 Å². The normalized spacial score (nSPS) is 14.2. The number of aliphatic imine (C=N–C) groups is 2. The summed E-state index contributed by atoms with van der Waals surface area (Å²) in [5.74, 6) is 0.653. The molecule has 2 aromatic rings. The molecule has 2 aromatic carbocycles. The number of benzene rings is 2. The zero-order chi connectivity index (χ0) is 26.5. The Balaban J connectivity index is 1.65. The minimum atomic E-state index is -4.52. The first-order chi connectivity index (χ1) is 17.0. The Bertz CT molecular complexity index is 1230. The third-order valence-electron chi connectivity index (χ3n) is 5.32. The molecule has 1 aliphatic carbocycles. The number of amides is 3. The van der Waals surface area contributed by atoms with Gasteiger partial charge < -0.3 is 20.7 Å². The number of nitrogens with zero attached hydrogens (tertiary/aromatic N) is 2. The van der Waals surface area contributed by atoms with Gasteiger partial charge in [-0.15, -0.1) is 0 Å². The summed E-state index contributed by atoms with van der Waals surface area (Å²) < 4.78 is 45.1. The highest BCUT2D eigenvalue weighted by molar-refractivity contribution is 6.00. The number of alkyl halides is 3. The molecule has 36 heavy (non-hydrogen) atoms. The molecule has 0 saturated heterocycles. The van der Waals surface area contributed by atoms with Crippen LogP contribution in [0.2, 0.25) is 0 Å². The second-order valence-corrected chi connectivity index (χ2v) is 8.20. The molecule has 190 valence electrons. The van der Waals surface area contributed by atoms with Crippen LogP contribution >= 0.6 is 0 Å². The first kappa shape index (κ1) is 26.5. The number of hydrogen-bond donors (Lipinski definition) is 3. The summed E-state index contributed by atoms with van der Waals surface area (Å²) in [4.78, 5) is 32.2. The maximum Gasteiger partial charge on any atom is 0.416 e. The zero-order valence-corrected chi connectivity index (χ0v) is 20.0. The van der Waals surface area contributed by atoms with Crippen LogP contribution in [0.4, 0.5) is 29.3 Å². The molecule has 11 heteroatoms. The van der Waals surface area contributed by atoms with Crippen LogP contribution < -0.4 is 20.7 Å². The summed E-state index contributed by atoms with van der Waals surface area (Å²) in [6.45, 7) is 6.52. The molecular formula is C25H26F3N5O3. The smallest absolute Gasteiger partial charge is 0.416 e. The van der Waals surface area contributed by atoms with E-state index in [0.29, 0.717) is 17.0 Å². The predicted molar refractivity (Wildman–Crippen MR) is 132 cm³/mol. The second kappa shape index (κ2) is 11.1. The number of halogens is 3. The van der Waals surface area contributed by atoms with Crippen molar-refractivity contribution in [3.8, 4) is 5.75 Å². The van der Waals surface area contributed by atoms with E-state index in [-0.39, 0.29) is 34.8 Å². The van der Waals surface area contributed by atoms with Crippen LogP contribution in [0.5, 0.6) is 5.75 Å². The molecule has 0 radical (unpaired) electrons. The van der Waals surface area contributed by atoms with Gasteiger partial charge in [0.25, 0.3) is 0 Å². The van der Waals surface area contributed by atoms with Gasteiger partial charge in [0.05, 0.1) is 5.56 Å². The van der Waals surface area contributed by atoms with Crippen molar-refractivity contribution in [2.75, 3.05) is 17.7 Å². The van der Waals surface area contributed by atoms with Crippen molar-refractivity contribution in [3.05, 3.63) is 65.0 Å². The minimum Gasteiger partial charge on any atom is -0.439 e. The van der Waals surface area contributed by atoms with Crippen LogP contribution in [0.15, 0.2) is 58.3 Å². The van der Waals surface area contributed by atoms with Crippen molar-refractivity contribution in [1.29, 1.82) is 0 Å². The Morgan fingerprint density at radius 1 is 1.08 bits per heavy atom. The number of anilines is 2. The van der Waals surface area contributed by atoms with E-state index in [1.807, 2.05) is 0 Å². The molecule has 0 atom stereocenters. The highest BCUT2D eigenvalue weighted by Crippen LogP contribution is 2.33. The lowest BCUT2D eigenvalue weighted by Crippen LogP contribution is -2.24. The first-order valence-corrected chi connectivity index (χ1v) is 11.0. The topological polar surface area (TPSA) is 104 Å². The van der Waals surface area contributed by atoms with Gasteiger partial charge >= 0.3 is 12.2 Å². The second-order valence-electron chi connectivity index (χ2n) is 8.20. The van der Waals surface area contributed by atoms with Crippen LogP contribution in [0.25, 0.3) is 0 Å². The number of hydrogen-bond acceptors (Lipinski definition) is 5. The molecule has 0 unspecified atom stereocenters. The summed E-state index contributed by atoms with van der Waals surface area (Å²) in [7, 11) is 1.51. The lowest BCUT2D eigenvalue weighted by atomic mass is 10.1. The number of carbonyl (C=O) groups is 2. The predicted octanol–water partition coefficient (Wildman–Crippen LogP) is 5.44. The van der Waals surface area contributed by atoms with Crippen LogP contribution in [-0.2, 0) is 11.0 Å². The van der Waals surface area contributed by atoms with Crippen LogP contribution in [0, 0.1) is 19.8 Å². The number of urea groups is 1. The van der Waals surface area contributed by atoms with E-state index in [9.17, 15) is 22.8 Å². The molecule has 0 aromatic heterocycles. The van der Waals surface area contributed by atoms with Crippen molar-refractivity contribution in [3.63, 3.8) is 0 Å². The average Bonchev–Trinajstić information content (AvgIpc) is 3.66. The fourth-order valence-electron chi connectivity index (χ4n) is 3.20. The summed E-state index contributed by atoms with van der Waals surface area (Å²) in [5.41, 5.74) is 0.317. The van der Waals surface area contributed by atoms with Gasteiger partial charge in [0.2, 0.25) is 11.8 Å². The van der Waals surface area contributed by atoms with E-state index >= 15 is 0 Å². The van der Waals surface area contributed by atoms with E-state index in [0.717, 1.165) is 18.9 Å². The largest absolute Gasteiger partial charge is 0.439 e. The van der Waals surface area contributed by atoms with Crippen molar-refractivity contribution in [2.24, 2.45) is 15.9 Å². The molecule has 0 spiro atoms. The zero-order valence-electron chi connectivity index (χ0n) is 20.0. The van der Waals surface area contributed by atoms with Gasteiger partial charge in [0.1, 0.15) is 11.6 Å². The maximum absolute atomic E-state index is 13.1. The van der Waals surface area contributed by atoms with Crippen molar-refractivity contribution >= 4 is 35.9 Å². The molecule has 3 amide bonds. The summed E-state index contributed by atoms with van der Waals surface area (Å²) in [6, 6.07) is 7.69. The number of rotatable bonds is 7. The molecule has 1 saturated carbocycles. The van der Waals surface area contributed by atoms with E-state index in [2.05, 4.69) is 32.7 Å². The maximum atomic E-state index is 13.1. The van der Waals surface area contributed by atoms with Crippen LogP contribution in [0.3, 0.4) is 0 Å². The molecule has 8 nitrogen and oxygen atoms in total. The molecule has 0 aliphatic heterocycles.